The molecule has 0 aliphatic rings. The van der Waals surface area contributed by atoms with Crippen molar-refractivity contribution in [3.8, 4) is 11.5 Å². The van der Waals surface area contributed by atoms with Crippen LogP contribution in [0.3, 0.4) is 0 Å². The fraction of sp³-hybridized carbons (Fsp3) is 0. The van der Waals surface area contributed by atoms with E-state index >= 15 is 0 Å². The Hall–Kier alpha value is -2.63. The lowest BCUT2D eigenvalue weighted by molar-refractivity contribution is -0.394. The van der Waals surface area contributed by atoms with Gasteiger partial charge in [0, 0.05) is 6.07 Å². The molecule has 1 N–H and O–H groups in total. The molecule has 25 heavy (non-hydrogen) atoms. The zero-order chi connectivity index (χ0) is 18.9. The number of hydrogen-bond acceptors (Lipinski definition) is 8. The second-order valence-corrected chi connectivity index (χ2v) is 6.80. The molecule has 13 heteroatoms. The first kappa shape index (κ1) is 18.7. The van der Waals surface area contributed by atoms with E-state index in [9.17, 15) is 33.8 Å². The van der Waals surface area contributed by atoms with E-state index in [2.05, 4.69) is 4.18 Å². The van der Waals surface area contributed by atoms with E-state index in [1.807, 2.05) is 0 Å². The normalized spacial score (nSPS) is 11.1. The number of phenolic OH excluding ortho intramolecular Hbond substituents is 1. The Labute approximate surface area is 149 Å². The highest BCUT2D eigenvalue weighted by atomic mass is 35.5. The molecule has 2 rings (SSSR count). The number of halogens is 2. The minimum atomic E-state index is -4.62. The molecule has 0 saturated heterocycles. The number of rotatable bonds is 5. The smallest absolute Gasteiger partial charge is 0.339 e. The number of phenols is 1. The van der Waals surface area contributed by atoms with Crippen molar-refractivity contribution in [1.29, 1.82) is 0 Å². The van der Waals surface area contributed by atoms with E-state index < -0.39 is 47.7 Å². The van der Waals surface area contributed by atoms with Crippen LogP contribution in [-0.2, 0) is 10.1 Å². The molecule has 0 heterocycles. The Balaban J connectivity index is 2.51. The molecule has 132 valence electrons. The van der Waals surface area contributed by atoms with Gasteiger partial charge in [-0.25, -0.2) is 0 Å². The highest BCUT2D eigenvalue weighted by Crippen LogP contribution is 2.37. The molecule has 0 fully saturated rings. The summed E-state index contributed by atoms with van der Waals surface area (Å²) in [6.45, 7) is 0. The summed E-state index contributed by atoms with van der Waals surface area (Å²) in [4.78, 5) is 19.2. The Morgan fingerprint density at radius 2 is 1.56 bits per heavy atom. The second kappa shape index (κ2) is 6.70. The average molecular weight is 409 g/mol. The van der Waals surface area contributed by atoms with Gasteiger partial charge in [0.15, 0.2) is 5.75 Å². The third-order valence-electron chi connectivity index (χ3n) is 2.83. The topological polar surface area (TPSA) is 150 Å². The molecule has 0 aliphatic carbocycles. The monoisotopic (exact) mass is 408 g/mol. The summed E-state index contributed by atoms with van der Waals surface area (Å²) < 4.78 is 29.1. The van der Waals surface area contributed by atoms with E-state index in [1.165, 1.54) is 0 Å². The molecule has 0 spiro atoms. The third kappa shape index (κ3) is 3.90. The molecular formula is C12H6Cl2N2O8S. The van der Waals surface area contributed by atoms with E-state index in [-0.39, 0.29) is 10.0 Å². The second-order valence-electron chi connectivity index (χ2n) is 4.44. The van der Waals surface area contributed by atoms with Crippen molar-refractivity contribution in [1.82, 2.24) is 0 Å². The Kier molecular flexibility index (Phi) is 5.02. The van der Waals surface area contributed by atoms with Gasteiger partial charge in [0.1, 0.15) is 4.90 Å². The van der Waals surface area contributed by atoms with E-state index in [4.69, 9.17) is 23.2 Å². The third-order valence-corrected chi connectivity index (χ3v) is 4.62. The molecule has 0 aliphatic heterocycles. The molecule has 0 aromatic heterocycles. The molecule has 0 radical (unpaired) electrons. The maximum absolute atomic E-state index is 12.2. The number of nitro groups is 2. The molecule has 2 aromatic carbocycles. The Bertz CT molecular complexity index is 970. The summed E-state index contributed by atoms with van der Waals surface area (Å²) in [7, 11) is -4.62. The fourth-order valence-corrected chi connectivity index (χ4v) is 3.30. The molecule has 0 saturated carbocycles. The van der Waals surface area contributed by atoms with Crippen molar-refractivity contribution in [2.24, 2.45) is 0 Å². The summed E-state index contributed by atoms with van der Waals surface area (Å²) in [6, 6.07) is 3.83. The largest absolute Gasteiger partial charge is 0.505 e. The molecule has 2 aromatic rings. The SMILES string of the molecule is O=[N+]([O-])c1ccc(OS(=O)(=O)c2cc(Cl)c(O)c(Cl)c2)c([N+](=O)[O-])c1. The predicted octanol–water partition coefficient (Wildman–Crippen LogP) is 3.28. The minimum absolute atomic E-state index is 0.382. The predicted molar refractivity (Wildman–Crippen MR) is 85.7 cm³/mol. The number of non-ortho nitro benzene ring substituents is 1. The van der Waals surface area contributed by atoms with Crippen LogP contribution in [0.2, 0.25) is 10.0 Å². The van der Waals surface area contributed by atoms with Crippen LogP contribution in [0.25, 0.3) is 0 Å². The van der Waals surface area contributed by atoms with Crippen LogP contribution in [0, 0.1) is 20.2 Å². The van der Waals surface area contributed by atoms with Crippen molar-refractivity contribution in [2.45, 2.75) is 4.90 Å². The first-order valence-corrected chi connectivity index (χ1v) is 8.24. The molecule has 0 bridgehead atoms. The van der Waals surface area contributed by atoms with E-state index in [0.717, 1.165) is 24.3 Å². The van der Waals surface area contributed by atoms with Gasteiger partial charge in [-0.2, -0.15) is 8.42 Å². The maximum Gasteiger partial charge on any atom is 0.339 e. The van der Waals surface area contributed by atoms with Crippen molar-refractivity contribution in [3.05, 3.63) is 60.6 Å². The first-order chi connectivity index (χ1) is 11.5. The fourth-order valence-electron chi connectivity index (χ4n) is 1.69. The van der Waals surface area contributed by atoms with Crippen LogP contribution in [0.1, 0.15) is 0 Å². The Morgan fingerprint density at radius 1 is 1.00 bits per heavy atom. The zero-order valence-electron chi connectivity index (χ0n) is 11.8. The van der Waals surface area contributed by atoms with Crippen LogP contribution in [-0.4, -0.2) is 23.4 Å². The minimum Gasteiger partial charge on any atom is -0.505 e. The molecule has 0 unspecified atom stereocenters. The highest BCUT2D eigenvalue weighted by molar-refractivity contribution is 7.87. The average Bonchev–Trinajstić information content (AvgIpc) is 2.51. The molecule has 0 atom stereocenters. The molecule has 0 amide bonds. The number of hydrogen-bond donors (Lipinski definition) is 1. The number of benzene rings is 2. The van der Waals surface area contributed by atoms with Crippen molar-refractivity contribution < 1.29 is 27.6 Å². The van der Waals surface area contributed by atoms with E-state index in [1.54, 1.807) is 0 Å². The summed E-state index contributed by atoms with van der Waals surface area (Å²) in [5.41, 5.74) is -1.54. The zero-order valence-corrected chi connectivity index (χ0v) is 14.1. The quantitative estimate of drug-likeness (QED) is 0.449. The van der Waals surface area contributed by atoms with Crippen LogP contribution in [0.5, 0.6) is 11.5 Å². The van der Waals surface area contributed by atoms with Gasteiger partial charge < -0.3 is 9.29 Å². The summed E-state index contributed by atoms with van der Waals surface area (Å²) in [5, 5.41) is 30.3. The van der Waals surface area contributed by atoms with Gasteiger partial charge >= 0.3 is 15.8 Å². The van der Waals surface area contributed by atoms with Crippen molar-refractivity contribution in [3.63, 3.8) is 0 Å². The lowest BCUT2D eigenvalue weighted by Crippen LogP contribution is -2.11. The van der Waals surface area contributed by atoms with Crippen LogP contribution in [0.4, 0.5) is 11.4 Å². The lowest BCUT2D eigenvalue weighted by Gasteiger charge is -2.09. The standard InChI is InChI=1S/C12H6Cl2N2O8S/c13-8-4-7(5-9(14)12(8)17)25(22,23)24-11-2-1-6(15(18)19)3-10(11)16(20)21/h1-5,17H. The molecule has 10 nitrogen and oxygen atoms in total. The highest BCUT2D eigenvalue weighted by Gasteiger charge is 2.27. The van der Waals surface area contributed by atoms with Gasteiger partial charge in [0.05, 0.1) is 26.0 Å². The van der Waals surface area contributed by atoms with Crippen molar-refractivity contribution in [2.75, 3.05) is 0 Å². The van der Waals surface area contributed by atoms with Gasteiger partial charge in [0.2, 0.25) is 5.75 Å². The van der Waals surface area contributed by atoms with Gasteiger partial charge in [0.25, 0.3) is 5.69 Å². The first-order valence-electron chi connectivity index (χ1n) is 6.08. The van der Waals surface area contributed by atoms with Gasteiger partial charge in [-0.15, -0.1) is 0 Å². The van der Waals surface area contributed by atoms with Crippen molar-refractivity contribution >= 4 is 44.7 Å². The summed E-state index contributed by atoms with van der Waals surface area (Å²) in [5.74, 6) is -1.29. The number of nitro benzene ring substituents is 2. The van der Waals surface area contributed by atoms with E-state index in [0.29, 0.717) is 6.07 Å². The van der Waals surface area contributed by atoms with Crippen LogP contribution < -0.4 is 4.18 Å². The number of aromatic hydroxyl groups is 1. The van der Waals surface area contributed by atoms with Gasteiger partial charge in [-0.3, -0.25) is 20.2 Å². The maximum atomic E-state index is 12.2. The van der Waals surface area contributed by atoms with Gasteiger partial charge in [-0.05, 0) is 18.2 Å². The lowest BCUT2D eigenvalue weighted by atomic mass is 10.2. The van der Waals surface area contributed by atoms with Crippen LogP contribution in [0.15, 0.2) is 35.2 Å². The molecular weight excluding hydrogens is 403 g/mol. The van der Waals surface area contributed by atoms with Gasteiger partial charge in [-0.1, -0.05) is 23.2 Å². The summed E-state index contributed by atoms with van der Waals surface area (Å²) in [6.07, 6.45) is 0. The Morgan fingerprint density at radius 3 is 2.04 bits per heavy atom. The number of nitrogens with zero attached hydrogens (tertiary/aromatic N) is 2. The van der Waals surface area contributed by atoms with Crippen LogP contribution >= 0.6 is 23.2 Å². The summed E-state index contributed by atoms with van der Waals surface area (Å²) >= 11 is 11.3.